The molecule has 270 valence electrons. The summed E-state index contributed by atoms with van der Waals surface area (Å²) in [4.78, 5) is 7.21. The van der Waals surface area contributed by atoms with Crippen molar-refractivity contribution >= 4 is 81.6 Å². The molecule has 1 aliphatic rings. The average molecular weight is 751 g/mol. The second-order valence-corrected chi connectivity index (χ2v) is 16.6. The Bertz CT molecular complexity index is 3390. The van der Waals surface area contributed by atoms with Crippen LogP contribution in [0.25, 0.3) is 86.9 Å². The largest absolute Gasteiger partial charge is 0.456 e. The number of oxazole rings is 1. The molecule has 1 aliphatic carbocycles. The molecule has 3 aromatic heterocycles. The van der Waals surface area contributed by atoms with E-state index in [2.05, 4.69) is 152 Å². The summed E-state index contributed by atoms with van der Waals surface area (Å²) in [6.45, 7) is 4.69. The quantitative estimate of drug-likeness (QED) is 0.176. The van der Waals surface area contributed by atoms with Gasteiger partial charge in [-0.05, 0) is 94.5 Å². The van der Waals surface area contributed by atoms with E-state index in [1.165, 1.54) is 48.1 Å². The standard InChI is InChI=1S/C52H34N2O2S/c1-52(2)41-15-8-6-14-39(41)50-42(52)16-10-17-44(50)54(35-24-26-38-37-13-7-9-18-48(37)57-49(38)28-35)34-22-19-31(20-23-34)33-21-25-36-40-29-47-43(30-46(40)55-45(36)27-33)53-51(56-47)32-11-4-3-5-12-32/h3-30H,1-2H3. The van der Waals surface area contributed by atoms with Gasteiger partial charge in [0.05, 0.1) is 5.69 Å². The van der Waals surface area contributed by atoms with E-state index < -0.39 is 0 Å². The van der Waals surface area contributed by atoms with E-state index in [0.29, 0.717) is 5.89 Å². The van der Waals surface area contributed by atoms with Gasteiger partial charge in [0.2, 0.25) is 5.89 Å². The zero-order valence-corrected chi connectivity index (χ0v) is 32.1. The van der Waals surface area contributed by atoms with Crippen LogP contribution < -0.4 is 4.90 Å². The van der Waals surface area contributed by atoms with Crippen molar-refractivity contribution in [3.8, 4) is 33.7 Å². The minimum absolute atomic E-state index is 0.104. The molecule has 57 heavy (non-hydrogen) atoms. The SMILES string of the molecule is CC1(C)c2ccccc2-c2c(N(c3ccc(-c4ccc5c(c4)oc4cc6nc(-c7ccccc7)oc6cc45)cc3)c3ccc4c(c3)sc3ccccc34)cccc21. The minimum Gasteiger partial charge on any atom is -0.456 e. The minimum atomic E-state index is -0.104. The maximum atomic E-state index is 6.47. The van der Waals surface area contributed by atoms with Crippen LogP contribution in [0.4, 0.5) is 17.1 Å². The van der Waals surface area contributed by atoms with Gasteiger partial charge < -0.3 is 13.7 Å². The molecule has 0 unspecified atom stereocenters. The smallest absolute Gasteiger partial charge is 0.227 e. The summed E-state index contributed by atoms with van der Waals surface area (Å²) in [5, 5.41) is 4.67. The normalized spacial score (nSPS) is 13.2. The highest BCUT2D eigenvalue weighted by molar-refractivity contribution is 7.25. The van der Waals surface area contributed by atoms with Gasteiger partial charge in [-0.1, -0.05) is 111 Å². The van der Waals surface area contributed by atoms with Crippen LogP contribution in [0, 0.1) is 0 Å². The van der Waals surface area contributed by atoms with E-state index in [9.17, 15) is 0 Å². The highest BCUT2D eigenvalue weighted by atomic mass is 32.1. The monoisotopic (exact) mass is 750 g/mol. The van der Waals surface area contributed by atoms with Gasteiger partial charge >= 0.3 is 0 Å². The van der Waals surface area contributed by atoms with Crippen molar-refractivity contribution in [2.45, 2.75) is 19.3 Å². The molecule has 0 N–H and O–H groups in total. The van der Waals surface area contributed by atoms with Crippen LogP contribution in [0.3, 0.4) is 0 Å². The van der Waals surface area contributed by atoms with Crippen LogP contribution in [0.15, 0.2) is 179 Å². The summed E-state index contributed by atoms with van der Waals surface area (Å²) in [6.07, 6.45) is 0. The molecule has 4 nitrogen and oxygen atoms in total. The highest BCUT2D eigenvalue weighted by Crippen LogP contribution is 2.54. The second kappa shape index (κ2) is 12.0. The van der Waals surface area contributed by atoms with E-state index in [0.717, 1.165) is 61.1 Å². The topological polar surface area (TPSA) is 42.4 Å². The number of fused-ring (bicyclic) bond motifs is 10. The second-order valence-electron chi connectivity index (χ2n) is 15.5. The van der Waals surface area contributed by atoms with Gasteiger partial charge in [-0.3, -0.25) is 0 Å². The fraction of sp³-hybridized carbons (Fsp3) is 0.0577. The number of rotatable bonds is 5. The summed E-state index contributed by atoms with van der Waals surface area (Å²) < 4.78 is 15.3. The van der Waals surface area contributed by atoms with Crippen molar-refractivity contribution in [2.75, 3.05) is 4.90 Å². The molecule has 12 rings (SSSR count). The molecule has 0 radical (unpaired) electrons. The molecule has 0 aliphatic heterocycles. The van der Waals surface area contributed by atoms with E-state index in [4.69, 9.17) is 13.8 Å². The molecule has 5 heteroatoms. The predicted molar refractivity (Wildman–Crippen MR) is 237 cm³/mol. The van der Waals surface area contributed by atoms with E-state index >= 15 is 0 Å². The van der Waals surface area contributed by atoms with E-state index in [-0.39, 0.29) is 5.41 Å². The predicted octanol–water partition coefficient (Wildman–Crippen LogP) is 15.2. The molecule has 8 aromatic carbocycles. The first kappa shape index (κ1) is 32.3. The molecule has 3 heterocycles. The number of benzene rings is 8. The number of thiophene rings is 1. The van der Waals surface area contributed by atoms with Crippen molar-refractivity contribution in [1.82, 2.24) is 4.98 Å². The lowest BCUT2D eigenvalue weighted by Gasteiger charge is -2.29. The Balaban J connectivity index is 0.964. The third kappa shape index (κ3) is 4.89. The van der Waals surface area contributed by atoms with Gasteiger partial charge in [0.25, 0.3) is 0 Å². The Morgan fingerprint density at radius 1 is 0.491 bits per heavy atom. The Kier molecular flexibility index (Phi) is 6.82. The molecule has 0 saturated heterocycles. The first-order valence-corrected chi connectivity index (χ1v) is 20.2. The fourth-order valence-electron chi connectivity index (χ4n) is 9.09. The average Bonchev–Trinajstić information content (AvgIpc) is 4.00. The van der Waals surface area contributed by atoms with E-state index in [1.807, 2.05) is 47.7 Å². The number of anilines is 3. The summed E-state index contributed by atoms with van der Waals surface area (Å²) in [5.41, 5.74) is 15.0. The van der Waals surface area contributed by atoms with Gasteiger partial charge in [-0.2, -0.15) is 0 Å². The van der Waals surface area contributed by atoms with Gasteiger partial charge in [0, 0.05) is 64.9 Å². The van der Waals surface area contributed by atoms with Crippen molar-refractivity contribution < 1.29 is 8.83 Å². The number of furan rings is 1. The number of hydrogen-bond acceptors (Lipinski definition) is 5. The van der Waals surface area contributed by atoms with Crippen LogP contribution in [0.2, 0.25) is 0 Å². The maximum Gasteiger partial charge on any atom is 0.227 e. The lowest BCUT2D eigenvalue weighted by Crippen LogP contribution is -2.16. The van der Waals surface area contributed by atoms with Crippen LogP contribution in [0.1, 0.15) is 25.0 Å². The van der Waals surface area contributed by atoms with Crippen molar-refractivity contribution in [2.24, 2.45) is 0 Å². The zero-order valence-electron chi connectivity index (χ0n) is 31.3. The molecule has 0 atom stereocenters. The maximum absolute atomic E-state index is 6.47. The fourth-order valence-corrected chi connectivity index (χ4v) is 10.2. The van der Waals surface area contributed by atoms with Crippen LogP contribution in [-0.4, -0.2) is 4.98 Å². The van der Waals surface area contributed by atoms with Gasteiger partial charge in [0.1, 0.15) is 16.7 Å². The van der Waals surface area contributed by atoms with Crippen molar-refractivity contribution in [3.05, 3.63) is 181 Å². The van der Waals surface area contributed by atoms with Gasteiger partial charge in [0.15, 0.2) is 5.58 Å². The Hall–Kier alpha value is -6.95. The summed E-state index contributed by atoms with van der Waals surface area (Å²) in [5.74, 6) is 0.609. The number of nitrogens with zero attached hydrogens (tertiary/aromatic N) is 2. The van der Waals surface area contributed by atoms with Crippen molar-refractivity contribution in [1.29, 1.82) is 0 Å². The third-order valence-electron chi connectivity index (χ3n) is 11.9. The van der Waals surface area contributed by atoms with Gasteiger partial charge in [-0.15, -0.1) is 11.3 Å². The Morgan fingerprint density at radius 3 is 2.11 bits per heavy atom. The lowest BCUT2D eigenvalue weighted by molar-refractivity contribution is 0.620. The first-order chi connectivity index (χ1) is 28.0. The van der Waals surface area contributed by atoms with Crippen LogP contribution in [0.5, 0.6) is 0 Å². The molecule has 11 aromatic rings. The highest BCUT2D eigenvalue weighted by Gasteiger charge is 2.37. The Labute approximate surface area is 332 Å². The van der Waals surface area contributed by atoms with Crippen LogP contribution >= 0.6 is 11.3 Å². The molecule has 0 bridgehead atoms. The third-order valence-corrected chi connectivity index (χ3v) is 13.0. The van der Waals surface area contributed by atoms with Gasteiger partial charge in [-0.25, -0.2) is 4.98 Å². The first-order valence-electron chi connectivity index (χ1n) is 19.4. The molecule has 0 spiro atoms. The molecule has 0 saturated carbocycles. The summed E-state index contributed by atoms with van der Waals surface area (Å²) in [7, 11) is 0. The van der Waals surface area contributed by atoms with E-state index in [1.54, 1.807) is 0 Å². The molecular weight excluding hydrogens is 717 g/mol. The molecule has 0 amide bonds. The Morgan fingerprint density at radius 2 is 1.21 bits per heavy atom. The van der Waals surface area contributed by atoms with Crippen LogP contribution in [-0.2, 0) is 5.41 Å². The number of aromatic nitrogens is 1. The molecule has 0 fully saturated rings. The number of hydrogen-bond donors (Lipinski definition) is 0. The summed E-state index contributed by atoms with van der Waals surface area (Å²) >= 11 is 1.86. The summed E-state index contributed by atoms with van der Waals surface area (Å²) in [6, 6.07) is 60.8. The lowest BCUT2D eigenvalue weighted by atomic mass is 9.82. The molecular formula is C52H34N2O2S. The zero-order chi connectivity index (χ0) is 37.8. The van der Waals surface area contributed by atoms with Crippen molar-refractivity contribution in [3.63, 3.8) is 0 Å².